The molecule has 2 fully saturated rings. The van der Waals surface area contributed by atoms with Gasteiger partial charge in [-0.25, -0.2) is 4.39 Å². The molecular weight excluding hydrogens is 403 g/mol. The van der Waals surface area contributed by atoms with Gasteiger partial charge in [-0.2, -0.15) is 0 Å². The molecule has 2 aromatic carbocycles. The van der Waals surface area contributed by atoms with Crippen molar-refractivity contribution >= 4 is 10.8 Å². The van der Waals surface area contributed by atoms with Gasteiger partial charge in [0.25, 0.3) is 0 Å². The van der Waals surface area contributed by atoms with Gasteiger partial charge in [-0.1, -0.05) is 102 Å². The Bertz CT molecular complexity index is 852. The molecule has 0 bridgehead atoms. The fraction of sp³-hybridized carbons (Fsp3) is 0.688. The van der Waals surface area contributed by atoms with Crippen molar-refractivity contribution in [3.05, 3.63) is 47.3 Å². The van der Waals surface area contributed by atoms with Gasteiger partial charge in [0.1, 0.15) is 5.82 Å². The molecule has 4 rings (SSSR count). The predicted molar refractivity (Wildman–Crippen MR) is 141 cm³/mol. The normalized spacial score (nSPS) is 26.0. The first-order chi connectivity index (χ1) is 16.2. The first-order valence-corrected chi connectivity index (χ1v) is 14.4. The number of hydrogen-bond acceptors (Lipinski definition) is 0. The molecule has 0 saturated heterocycles. The third-order valence-corrected chi connectivity index (χ3v) is 9.12. The molecule has 2 aliphatic carbocycles. The number of unbranched alkanes of at least 4 members (excludes halogenated alkanes) is 2. The van der Waals surface area contributed by atoms with Crippen LogP contribution < -0.4 is 0 Å². The Hall–Kier alpha value is -1.37. The number of hydrogen-bond donors (Lipinski definition) is 0. The maximum atomic E-state index is 15.2. The molecular formula is C32H47F. The molecule has 0 N–H and O–H groups in total. The van der Waals surface area contributed by atoms with Crippen LogP contribution in [0.2, 0.25) is 0 Å². The van der Waals surface area contributed by atoms with Crippen LogP contribution in [-0.4, -0.2) is 0 Å². The fourth-order valence-electron chi connectivity index (χ4n) is 6.96. The van der Waals surface area contributed by atoms with E-state index in [9.17, 15) is 0 Å². The summed E-state index contributed by atoms with van der Waals surface area (Å²) in [6, 6.07) is 10.5. The summed E-state index contributed by atoms with van der Waals surface area (Å²) in [6.45, 7) is 4.51. The highest BCUT2D eigenvalue weighted by atomic mass is 19.1. The number of rotatable bonds is 10. The maximum Gasteiger partial charge on any atom is 0.134 e. The smallest absolute Gasteiger partial charge is 0.134 e. The van der Waals surface area contributed by atoms with E-state index in [0.29, 0.717) is 0 Å². The van der Waals surface area contributed by atoms with E-state index in [1.165, 1.54) is 82.6 Å². The Balaban J connectivity index is 1.22. The van der Waals surface area contributed by atoms with Crippen molar-refractivity contribution < 1.29 is 4.39 Å². The van der Waals surface area contributed by atoms with Crippen LogP contribution in [0.3, 0.4) is 0 Å². The molecule has 2 saturated carbocycles. The van der Waals surface area contributed by atoms with Gasteiger partial charge in [0.2, 0.25) is 0 Å². The zero-order valence-electron chi connectivity index (χ0n) is 21.4. The molecule has 0 spiro atoms. The van der Waals surface area contributed by atoms with Gasteiger partial charge in [-0.15, -0.1) is 0 Å². The molecule has 0 amide bonds. The van der Waals surface area contributed by atoms with E-state index in [0.717, 1.165) is 65.7 Å². The van der Waals surface area contributed by atoms with E-state index in [2.05, 4.69) is 38.1 Å². The van der Waals surface area contributed by atoms with Crippen LogP contribution in [0.4, 0.5) is 4.39 Å². The van der Waals surface area contributed by atoms with E-state index in [1.807, 2.05) is 6.07 Å². The van der Waals surface area contributed by atoms with Crippen LogP contribution in [0.15, 0.2) is 30.3 Å². The predicted octanol–water partition coefficient (Wildman–Crippen LogP) is 10.1. The van der Waals surface area contributed by atoms with E-state index in [1.54, 1.807) is 0 Å². The largest absolute Gasteiger partial charge is 0.206 e. The van der Waals surface area contributed by atoms with Crippen molar-refractivity contribution in [3.8, 4) is 0 Å². The van der Waals surface area contributed by atoms with E-state index in [-0.39, 0.29) is 5.82 Å². The van der Waals surface area contributed by atoms with E-state index >= 15 is 4.39 Å². The van der Waals surface area contributed by atoms with Crippen molar-refractivity contribution in [3.63, 3.8) is 0 Å². The molecule has 1 heteroatoms. The second-order valence-corrected chi connectivity index (χ2v) is 11.4. The van der Waals surface area contributed by atoms with Gasteiger partial charge in [0.05, 0.1) is 0 Å². The number of fused-ring (bicyclic) bond motifs is 1. The Morgan fingerprint density at radius 1 is 0.697 bits per heavy atom. The molecule has 0 aromatic heterocycles. The SMILES string of the molecule is CCCCCC1CCC(C2CCC(CCc3ccc4cc(CCC)ccc4c3F)CC2)CC1. The van der Waals surface area contributed by atoms with Crippen molar-refractivity contribution in [2.45, 2.75) is 117 Å². The Morgan fingerprint density at radius 3 is 2.00 bits per heavy atom. The standard InChI is InChI=1S/C32H47F/c1-3-5-6-8-24-9-15-27(16-10-24)28-17-11-25(12-18-28)13-19-29-20-21-30-23-26(7-4-2)14-22-31(30)32(29)33/h14,20-25,27-28H,3-13,15-19H2,1-2H3. The minimum absolute atomic E-state index is 0.0277. The summed E-state index contributed by atoms with van der Waals surface area (Å²) >= 11 is 0. The molecule has 0 heterocycles. The minimum Gasteiger partial charge on any atom is -0.206 e. The van der Waals surface area contributed by atoms with Crippen LogP contribution >= 0.6 is 0 Å². The molecule has 0 unspecified atom stereocenters. The highest BCUT2D eigenvalue weighted by Crippen LogP contribution is 2.43. The highest BCUT2D eigenvalue weighted by Gasteiger charge is 2.30. The molecule has 0 atom stereocenters. The third-order valence-electron chi connectivity index (χ3n) is 9.12. The molecule has 0 aliphatic heterocycles. The molecule has 33 heavy (non-hydrogen) atoms. The van der Waals surface area contributed by atoms with Gasteiger partial charge in [0.15, 0.2) is 0 Å². The lowest BCUT2D eigenvalue weighted by Crippen LogP contribution is -2.26. The van der Waals surface area contributed by atoms with Crippen LogP contribution in [0.1, 0.15) is 115 Å². The molecule has 2 aromatic rings. The molecule has 2 aliphatic rings. The van der Waals surface area contributed by atoms with Crippen molar-refractivity contribution in [2.24, 2.45) is 23.7 Å². The summed E-state index contributed by atoms with van der Waals surface area (Å²) in [4.78, 5) is 0. The quantitative estimate of drug-likeness (QED) is 0.316. The van der Waals surface area contributed by atoms with Crippen LogP contribution in [0.25, 0.3) is 10.8 Å². The van der Waals surface area contributed by atoms with Gasteiger partial charge in [-0.3, -0.25) is 0 Å². The van der Waals surface area contributed by atoms with Crippen LogP contribution in [0.5, 0.6) is 0 Å². The Morgan fingerprint density at radius 2 is 1.36 bits per heavy atom. The zero-order valence-corrected chi connectivity index (χ0v) is 21.4. The molecule has 0 radical (unpaired) electrons. The maximum absolute atomic E-state index is 15.2. The van der Waals surface area contributed by atoms with E-state index in [4.69, 9.17) is 0 Å². The fourth-order valence-corrected chi connectivity index (χ4v) is 6.96. The number of benzene rings is 2. The summed E-state index contributed by atoms with van der Waals surface area (Å²) in [5.74, 6) is 3.84. The number of aryl methyl sites for hydroxylation is 2. The highest BCUT2D eigenvalue weighted by molar-refractivity contribution is 5.84. The van der Waals surface area contributed by atoms with Gasteiger partial charge >= 0.3 is 0 Å². The Labute approximate surface area is 202 Å². The number of halogens is 1. The van der Waals surface area contributed by atoms with Gasteiger partial charge < -0.3 is 0 Å². The van der Waals surface area contributed by atoms with Crippen molar-refractivity contribution in [1.82, 2.24) is 0 Å². The average Bonchev–Trinajstić information content (AvgIpc) is 2.85. The van der Waals surface area contributed by atoms with Crippen LogP contribution in [0, 0.1) is 29.5 Å². The summed E-state index contributed by atoms with van der Waals surface area (Å²) in [5, 5.41) is 1.86. The second kappa shape index (κ2) is 12.4. The van der Waals surface area contributed by atoms with Crippen molar-refractivity contribution in [1.29, 1.82) is 0 Å². The van der Waals surface area contributed by atoms with E-state index < -0.39 is 0 Å². The topological polar surface area (TPSA) is 0 Å². The van der Waals surface area contributed by atoms with Gasteiger partial charge in [0, 0.05) is 5.39 Å². The summed E-state index contributed by atoms with van der Waals surface area (Å²) in [6.07, 6.45) is 21.6. The van der Waals surface area contributed by atoms with Crippen LogP contribution in [-0.2, 0) is 12.8 Å². The first kappa shape index (κ1) is 24.7. The summed E-state index contributed by atoms with van der Waals surface area (Å²) in [7, 11) is 0. The average molecular weight is 451 g/mol. The third kappa shape index (κ3) is 6.61. The van der Waals surface area contributed by atoms with Crippen molar-refractivity contribution in [2.75, 3.05) is 0 Å². The Kier molecular flexibility index (Phi) is 9.27. The lowest BCUT2D eigenvalue weighted by atomic mass is 9.68. The zero-order chi connectivity index (χ0) is 23.0. The van der Waals surface area contributed by atoms with Gasteiger partial charge in [-0.05, 0) is 85.1 Å². The molecule has 182 valence electrons. The first-order valence-electron chi connectivity index (χ1n) is 14.4. The molecule has 0 nitrogen and oxygen atoms in total. The monoisotopic (exact) mass is 450 g/mol. The summed E-state index contributed by atoms with van der Waals surface area (Å²) < 4.78 is 15.2. The second-order valence-electron chi connectivity index (χ2n) is 11.4. The minimum atomic E-state index is 0.0277. The summed E-state index contributed by atoms with van der Waals surface area (Å²) in [5.41, 5.74) is 2.24. The lowest BCUT2D eigenvalue weighted by molar-refractivity contribution is 0.140. The lowest BCUT2D eigenvalue weighted by Gasteiger charge is -2.38.